The summed E-state index contributed by atoms with van der Waals surface area (Å²) in [6, 6.07) is 6.57. The molecular formula is C13H15F. The van der Waals surface area contributed by atoms with Gasteiger partial charge in [0.05, 0.1) is 0 Å². The first-order chi connectivity index (χ1) is 6.77. The predicted molar refractivity (Wildman–Crippen MR) is 57.5 cm³/mol. The average molecular weight is 190 g/mol. The van der Waals surface area contributed by atoms with E-state index in [0.29, 0.717) is 0 Å². The molecule has 0 saturated carbocycles. The predicted octanol–water partition coefficient (Wildman–Crippen LogP) is 3.73. The van der Waals surface area contributed by atoms with Crippen LogP contribution in [-0.2, 0) is 0 Å². The van der Waals surface area contributed by atoms with E-state index in [9.17, 15) is 4.39 Å². The smallest absolute Gasteiger partial charge is 0.123 e. The van der Waals surface area contributed by atoms with Crippen LogP contribution in [0.1, 0.15) is 37.7 Å². The molecular weight excluding hydrogens is 175 g/mol. The van der Waals surface area contributed by atoms with Crippen LogP contribution in [0, 0.1) is 18.2 Å². The van der Waals surface area contributed by atoms with E-state index in [1.807, 2.05) is 6.07 Å². The molecule has 0 unspecified atom stereocenters. The summed E-state index contributed by atoms with van der Waals surface area (Å²) in [5.41, 5.74) is 0.918. The van der Waals surface area contributed by atoms with Crippen molar-refractivity contribution in [2.24, 2.45) is 0 Å². The van der Waals surface area contributed by atoms with Gasteiger partial charge in [0.1, 0.15) is 5.82 Å². The van der Waals surface area contributed by atoms with Gasteiger partial charge in [-0.05, 0) is 24.1 Å². The zero-order chi connectivity index (χ0) is 10.4. The number of benzene rings is 1. The highest BCUT2D eigenvalue weighted by atomic mass is 19.1. The first kappa shape index (κ1) is 10.8. The van der Waals surface area contributed by atoms with Crippen molar-refractivity contribution in [1.82, 2.24) is 0 Å². The number of terminal acetylenes is 1. The van der Waals surface area contributed by atoms with Crippen molar-refractivity contribution in [3.8, 4) is 12.3 Å². The fourth-order valence-electron chi connectivity index (χ4n) is 1.48. The van der Waals surface area contributed by atoms with Crippen molar-refractivity contribution in [1.29, 1.82) is 0 Å². The molecule has 1 rings (SSSR count). The molecule has 1 atom stereocenters. The van der Waals surface area contributed by atoms with Crippen molar-refractivity contribution in [3.05, 3.63) is 35.6 Å². The summed E-state index contributed by atoms with van der Waals surface area (Å²) < 4.78 is 12.9. The van der Waals surface area contributed by atoms with Gasteiger partial charge in [0, 0.05) is 5.92 Å². The van der Waals surface area contributed by atoms with E-state index in [-0.39, 0.29) is 11.7 Å². The number of unbranched alkanes of at least 4 members (excludes halogenated alkanes) is 1. The van der Waals surface area contributed by atoms with E-state index >= 15 is 0 Å². The molecule has 0 aliphatic rings. The zero-order valence-corrected chi connectivity index (χ0v) is 8.46. The Bertz CT molecular complexity index is 322. The van der Waals surface area contributed by atoms with Crippen molar-refractivity contribution >= 4 is 0 Å². The Hall–Kier alpha value is -1.29. The van der Waals surface area contributed by atoms with E-state index in [1.165, 1.54) is 12.1 Å². The van der Waals surface area contributed by atoms with E-state index in [4.69, 9.17) is 6.42 Å². The van der Waals surface area contributed by atoms with Gasteiger partial charge < -0.3 is 0 Å². The number of hydrogen-bond donors (Lipinski definition) is 0. The lowest BCUT2D eigenvalue weighted by Gasteiger charge is -2.09. The monoisotopic (exact) mass is 190 g/mol. The lowest BCUT2D eigenvalue weighted by atomic mass is 9.94. The van der Waals surface area contributed by atoms with Crippen LogP contribution in [0.3, 0.4) is 0 Å². The van der Waals surface area contributed by atoms with Gasteiger partial charge in [-0.1, -0.05) is 37.8 Å². The van der Waals surface area contributed by atoms with Crippen molar-refractivity contribution in [3.63, 3.8) is 0 Å². The first-order valence-electron chi connectivity index (χ1n) is 4.99. The largest absolute Gasteiger partial charge is 0.207 e. The fourth-order valence-corrected chi connectivity index (χ4v) is 1.48. The summed E-state index contributed by atoms with van der Waals surface area (Å²) >= 11 is 0. The maximum Gasteiger partial charge on any atom is 0.123 e. The van der Waals surface area contributed by atoms with Gasteiger partial charge in [0.15, 0.2) is 0 Å². The Kier molecular flexibility index (Phi) is 4.19. The molecule has 14 heavy (non-hydrogen) atoms. The molecule has 0 aromatic heterocycles. The summed E-state index contributed by atoms with van der Waals surface area (Å²) in [5, 5.41) is 0. The number of hydrogen-bond acceptors (Lipinski definition) is 0. The van der Waals surface area contributed by atoms with Gasteiger partial charge in [-0.3, -0.25) is 0 Å². The Labute approximate surface area is 85.2 Å². The Morgan fingerprint density at radius 1 is 1.50 bits per heavy atom. The third kappa shape index (κ3) is 2.88. The van der Waals surface area contributed by atoms with Crippen molar-refractivity contribution in [2.75, 3.05) is 0 Å². The van der Waals surface area contributed by atoms with Crippen LogP contribution in [0.4, 0.5) is 4.39 Å². The summed E-state index contributed by atoms with van der Waals surface area (Å²) in [6.45, 7) is 2.12. The summed E-state index contributed by atoms with van der Waals surface area (Å²) in [6.07, 6.45) is 8.57. The average Bonchev–Trinajstić information content (AvgIpc) is 2.19. The number of rotatable bonds is 4. The van der Waals surface area contributed by atoms with Crippen LogP contribution in [0.2, 0.25) is 0 Å². The maximum absolute atomic E-state index is 12.9. The maximum atomic E-state index is 12.9. The summed E-state index contributed by atoms with van der Waals surface area (Å²) in [7, 11) is 0. The van der Waals surface area contributed by atoms with Gasteiger partial charge >= 0.3 is 0 Å². The lowest BCUT2D eigenvalue weighted by Crippen LogP contribution is -1.96. The number of halogens is 1. The molecule has 0 nitrogen and oxygen atoms in total. The van der Waals surface area contributed by atoms with Gasteiger partial charge in [-0.2, -0.15) is 0 Å². The quantitative estimate of drug-likeness (QED) is 0.634. The molecule has 0 radical (unpaired) electrons. The normalized spacial score (nSPS) is 12.1. The van der Waals surface area contributed by atoms with Gasteiger partial charge in [0.25, 0.3) is 0 Å². The van der Waals surface area contributed by atoms with Crippen LogP contribution in [0.5, 0.6) is 0 Å². The molecule has 0 saturated heterocycles. The molecule has 1 heteroatoms. The molecule has 0 fully saturated rings. The van der Waals surface area contributed by atoms with Gasteiger partial charge in [0.2, 0.25) is 0 Å². The van der Waals surface area contributed by atoms with Crippen LogP contribution >= 0.6 is 0 Å². The minimum Gasteiger partial charge on any atom is -0.207 e. The second kappa shape index (κ2) is 5.44. The Morgan fingerprint density at radius 3 is 2.86 bits per heavy atom. The summed E-state index contributed by atoms with van der Waals surface area (Å²) in [5.74, 6) is 2.57. The van der Waals surface area contributed by atoms with Crippen LogP contribution < -0.4 is 0 Å². The van der Waals surface area contributed by atoms with Crippen LogP contribution in [0.15, 0.2) is 24.3 Å². The molecule has 0 aliphatic heterocycles. The second-order valence-electron chi connectivity index (χ2n) is 3.42. The fraction of sp³-hybridized carbons (Fsp3) is 0.385. The molecule has 74 valence electrons. The Balaban J connectivity index is 2.75. The molecule has 1 aromatic carbocycles. The zero-order valence-electron chi connectivity index (χ0n) is 8.46. The standard InChI is InChI=1S/C13H15F/c1-3-5-7-11(4-2)12-8-6-9-13(14)10-12/h2,6,8-11H,3,5,7H2,1H3/t11-/m1/s1. The highest BCUT2D eigenvalue weighted by Gasteiger charge is 2.07. The second-order valence-corrected chi connectivity index (χ2v) is 3.42. The van der Waals surface area contributed by atoms with E-state index in [1.54, 1.807) is 6.07 Å². The van der Waals surface area contributed by atoms with Crippen molar-refractivity contribution in [2.45, 2.75) is 32.1 Å². The van der Waals surface area contributed by atoms with E-state index < -0.39 is 0 Å². The minimum atomic E-state index is -0.209. The third-order valence-corrected chi connectivity index (χ3v) is 2.30. The van der Waals surface area contributed by atoms with Crippen LogP contribution in [-0.4, -0.2) is 0 Å². The third-order valence-electron chi connectivity index (χ3n) is 2.30. The van der Waals surface area contributed by atoms with Crippen LogP contribution in [0.25, 0.3) is 0 Å². The molecule has 0 spiro atoms. The molecule has 1 aromatic rings. The summed E-state index contributed by atoms with van der Waals surface area (Å²) in [4.78, 5) is 0. The van der Waals surface area contributed by atoms with Crippen molar-refractivity contribution < 1.29 is 4.39 Å². The topological polar surface area (TPSA) is 0 Å². The molecule has 0 amide bonds. The SMILES string of the molecule is C#C[C@H](CCCC)c1cccc(F)c1. The van der Waals surface area contributed by atoms with Gasteiger partial charge in [-0.15, -0.1) is 6.42 Å². The van der Waals surface area contributed by atoms with E-state index in [2.05, 4.69) is 12.8 Å². The van der Waals surface area contributed by atoms with Gasteiger partial charge in [-0.25, -0.2) is 4.39 Å². The lowest BCUT2D eigenvalue weighted by molar-refractivity contribution is 0.618. The minimum absolute atomic E-state index is 0.0608. The molecule has 0 aliphatic carbocycles. The molecule has 0 bridgehead atoms. The Morgan fingerprint density at radius 2 is 2.29 bits per heavy atom. The van der Waals surface area contributed by atoms with E-state index in [0.717, 1.165) is 24.8 Å². The first-order valence-corrected chi connectivity index (χ1v) is 4.99. The highest BCUT2D eigenvalue weighted by Crippen LogP contribution is 2.21. The molecule has 0 N–H and O–H groups in total. The molecule has 0 heterocycles. The highest BCUT2D eigenvalue weighted by molar-refractivity contribution is 5.26.